The molecule has 34 nitrogen and oxygen atoms in total. The summed E-state index contributed by atoms with van der Waals surface area (Å²) in [4.78, 5) is 133. The van der Waals surface area contributed by atoms with Crippen molar-refractivity contribution < 1.29 is 99.8 Å². The maximum atomic E-state index is 14.4. The van der Waals surface area contributed by atoms with Gasteiger partial charge in [0.1, 0.15) is 43.1 Å². The number of carbonyl (C=O) groups excluding carboxylic acids is 10. The van der Waals surface area contributed by atoms with Crippen LogP contribution in [0.5, 0.6) is 0 Å². The smallest absolute Gasteiger partial charge is 0.312 e. The normalized spacial score (nSPS) is 13.9. The Hall–Kier alpha value is -9.54. The van der Waals surface area contributed by atoms with Crippen molar-refractivity contribution in [1.29, 1.82) is 0 Å². The standard InChI is InChI=1S/C84H126N14O20/c1-61(2)78(82(106)92-69(22-17-37-89-84(85)108)80(104)90-67-30-26-63(27-31-67)59-118-83(107)62(3)4)93-81(105)68(91-75(101)35-43-110-47-51-114-54-56-115-52-48-111-44-39-88-73(99)32-33-77(103)96-58-66-20-12-11-18-64(66)28-29-65-19-13-14-23-70(65)96)21-15-16-36-86-76(102)60-117-72-25-10-8-9-24-71-79(72)94-95-97(71)40-45-112-49-53-116-57-55-113-50-46-109-42-34-74(100)87-38-41-98(5,6)7/h11-14,18-20,23,26-27,30-31,61-62,68-69,72,78H,8-10,15-17,21-22,24-25,32-60H2,1-7H3,(H9-,85,86,87,88,89,90,91,92,93,99,100,101,102,104,105,106,108)/p+1/t68-,69+,72?,78+/m1/s1. The molecule has 118 heavy (non-hydrogen) atoms. The summed E-state index contributed by atoms with van der Waals surface area (Å²) >= 11 is 0. The van der Waals surface area contributed by atoms with Gasteiger partial charge in [-0.3, -0.25) is 43.2 Å². The summed E-state index contributed by atoms with van der Waals surface area (Å²) in [6.07, 6.45) is 5.10. The first-order valence-corrected chi connectivity index (χ1v) is 41.2. The number of likely N-dealkylation sites (N-methyl/N-ethyl adjacent to an activating group) is 1. The number of ether oxygens (including phenoxy) is 10. The third kappa shape index (κ3) is 39.8. The second kappa shape index (κ2) is 56.0. The van der Waals surface area contributed by atoms with Crippen molar-refractivity contribution in [3.05, 3.63) is 106 Å². The molecule has 0 radical (unpaired) electrons. The van der Waals surface area contributed by atoms with Gasteiger partial charge in [-0.25, -0.2) is 9.48 Å². The van der Waals surface area contributed by atoms with Crippen molar-refractivity contribution in [1.82, 2.24) is 52.2 Å². The van der Waals surface area contributed by atoms with Gasteiger partial charge < -0.3 is 105 Å². The number of primary amides is 1. The summed E-state index contributed by atoms with van der Waals surface area (Å²) in [7, 11) is 6.22. The molecule has 1 aliphatic carbocycles. The van der Waals surface area contributed by atoms with Gasteiger partial charge in [-0.05, 0) is 98.7 Å². The third-order valence-electron chi connectivity index (χ3n) is 18.8. The predicted octanol–water partition coefficient (Wildman–Crippen LogP) is 4.21. The van der Waals surface area contributed by atoms with E-state index in [1.165, 1.54) is 0 Å². The minimum absolute atomic E-state index is 0.0104. The van der Waals surface area contributed by atoms with Gasteiger partial charge in [-0.2, -0.15) is 0 Å². The Bertz CT molecular complexity index is 3790. The first-order chi connectivity index (χ1) is 56.9. The number of aromatic nitrogens is 3. The number of nitrogens with zero attached hydrogens (tertiary/aromatic N) is 5. The number of hydrogen-bond donors (Lipinski definition) is 9. The SMILES string of the molecule is CC(C)C(=O)OCc1ccc(NC(=O)[C@H](CCCNC(N)=O)NC(=O)[C@@H](NC(=O)[C@@H](CCCCNC(=O)COC2CCCCCc3c2nnn3CCOCCOCCOCCOCCC(=O)NCC[N+](C)(C)C)NC(=O)CCOCCOCCOCCOCCNC(=O)CCC(=O)N2Cc3ccccc3C#Cc3ccccc32)C(C)C)cc1. The van der Waals surface area contributed by atoms with Crippen LogP contribution in [-0.4, -0.2) is 263 Å². The van der Waals surface area contributed by atoms with Crippen LogP contribution in [0.15, 0.2) is 72.8 Å². The first-order valence-electron chi connectivity index (χ1n) is 41.2. The van der Waals surface area contributed by atoms with Gasteiger partial charge in [0, 0.05) is 62.1 Å². The highest BCUT2D eigenvalue weighted by Gasteiger charge is 2.33. The number of anilines is 2. The van der Waals surface area contributed by atoms with Gasteiger partial charge in [0.2, 0.25) is 47.3 Å². The summed E-state index contributed by atoms with van der Waals surface area (Å²) in [6, 6.07) is 17.6. The van der Waals surface area contributed by atoms with Crippen LogP contribution < -0.4 is 53.2 Å². The lowest BCUT2D eigenvalue weighted by Gasteiger charge is -2.27. The molecule has 0 fully saturated rings. The van der Waals surface area contributed by atoms with Gasteiger partial charge in [-0.1, -0.05) is 100 Å². The van der Waals surface area contributed by atoms with E-state index < -0.39 is 59.8 Å². The molecule has 4 aromatic rings. The molecule has 652 valence electrons. The number of quaternary nitrogens is 1. The quantitative estimate of drug-likeness (QED) is 0.0129. The Morgan fingerprint density at radius 3 is 1.76 bits per heavy atom. The number of nitrogens with one attached hydrogen (secondary N) is 8. The van der Waals surface area contributed by atoms with E-state index in [2.05, 4.69) is 85.8 Å². The van der Waals surface area contributed by atoms with Crippen LogP contribution in [0.3, 0.4) is 0 Å². The number of fused-ring (bicyclic) bond motifs is 3. The molecule has 0 saturated carbocycles. The Morgan fingerprint density at radius 2 is 1.11 bits per heavy atom. The minimum Gasteiger partial charge on any atom is -0.461 e. The van der Waals surface area contributed by atoms with Crippen molar-refractivity contribution in [2.75, 3.05) is 176 Å². The molecule has 10 N–H and O–H groups in total. The molecule has 1 aromatic heterocycles. The number of nitrogens with two attached hydrogens (primary N) is 1. The van der Waals surface area contributed by atoms with Crippen LogP contribution in [0.25, 0.3) is 0 Å². The number of carbonyl (C=O) groups is 10. The van der Waals surface area contributed by atoms with Crippen molar-refractivity contribution in [2.45, 2.75) is 162 Å². The van der Waals surface area contributed by atoms with Crippen LogP contribution >= 0.6 is 0 Å². The van der Waals surface area contributed by atoms with Crippen LogP contribution in [0.4, 0.5) is 16.2 Å². The first kappa shape index (κ1) is 97.3. The van der Waals surface area contributed by atoms with E-state index in [1.54, 1.807) is 56.9 Å². The Morgan fingerprint density at radius 1 is 0.542 bits per heavy atom. The third-order valence-corrected chi connectivity index (χ3v) is 18.8. The van der Waals surface area contributed by atoms with E-state index >= 15 is 0 Å². The summed E-state index contributed by atoms with van der Waals surface area (Å²) in [5, 5.41) is 31.3. The van der Waals surface area contributed by atoms with E-state index in [-0.39, 0.29) is 160 Å². The maximum Gasteiger partial charge on any atom is 0.312 e. The molecule has 0 bridgehead atoms. The molecule has 10 amide bonds. The fourth-order valence-electron chi connectivity index (χ4n) is 12.2. The molecule has 3 aromatic carbocycles. The zero-order valence-electron chi connectivity index (χ0n) is 69.9. The van der Waals surface area contributed by atoms with Crippen molar-refractivity contribution >= 4 is 70.6 Å². The predicted molar refractivity (Wildman–Crippen MR) is 439 cm³/mol. The number of para-hydroxylation sites is 1. The molecule has 4 atom stereocenters. The van der Waals surface area contributed by atoms with Crippen LogP contribution in [0.1, 0.15) is 151 Å². The summed E-state index contributed by atoms with van der Waals surface area (Å²) in [5.74, 6) is 1.93. The van der Waals surface area contributed by atoms with E-state index in [0.29, 0.717) is 121 Å². The van der Waals surface area contributed by atoms with Gasteiger partial charge in [-0.15, -0.1) is 5.10 Å². The average molecular weight is 1650 g/mol. The molecule has 34 heteroatoms. The number of benzene rings is 3. The molecular formula is C84H127N14O20+. The Kier molecular flexibility index (Phi) is 46.2. The van der Waals surface area contributed by atoms with E-state index in [0.717, 1.165) is 59.1 Å². The average Bonchev–Trinajstić information content (AvgIpc) is 1.22. The van der Waals surface area contributed by atoms with Crippen molar-refractivity contribution in [3.63, 3.8) is 0 Å². The number of esters is 1. The molecule has 2 heterocycles. The van der Waals surface area contributed by atoms with Gasteiger partial charge in [0.05, 0.1) is 170 Å². The minimum atomic E-state index is -1.19. The number of hydrogen-bond acceptors (Lipinski definition) is 22. The second-order valence-corrected chi connectivity index (χ2v) is 30.2. The highest BCUT2D eigenvalue weighted by Crippen LogP contribution is 2.30. The number of unbranched alkanes of at least 4 members (excludes halogenated alkanes) is 1. The second-order valence-electron chi connectivity index (χ2n) is 30.2. The summed E-state index contributed by atoms with van der Waals surface area (Å²) in [6.45, 7) is 14.3. The molecule has 1 unspecified atom stereocenters. The van der Waals surface area contributed by atoms with Gasteiger partial charge in [0.25, 0.3) is 0 Å². The highest BCUT2D eigenvalue weighted by atomic mass is 16.6. The number of urea groups is 1. The topological polar surface area (TPSA) is 419 Å². The van der Waals surface area contributed by atoms with Gasteiger partial charge >= 0.3 is 12.0 Å². The molecule has 6 rings (SSSR count). The fourth-order valence-corrected chi connectivity index (χ4v) is 12.2. The van der Waals surface area contributed by atoms with E-state index in [1.807, 2.05) is 53.2 Å². The molecule has 0 spiro atoms. The highest BCUT2D eigenvalue weighted by molar-refractivity contribution is 5.99. The lowest BCUT2D eigenvalue weighted by Crippen LogP contribution is -2.57. The van der Waals surface area contributed by atoms with Crippen LogP contribution in [0.2, 0.25) is 0 Å². The lowest BCUT2D eigenvalue weighted by atomic mass is 9.99. The summed E-state index contributed by atoms with van der Waals surface area (Å²) in [5.41, 5.74) is 11.2. The molecule has 1 aliphatic heterocycles. The van der Waals surface area contributed by atoms with Crippen LogP contribution in [-0.2, 0) is 117 Å². The Labute approximate surface area is 693 Å². The zero-order valence-corrected chi connectivity index (χ0v) is 69.9. The largest absolute Gasteiger partial charge is 0.461 e. The fraction of sp³-hybridized carbons (Fsp3) is 0.619. The van der Waals surface area contributed by atoms with Crippen molar-refractivity contribution in [3.8, 4) is 11.8 Å². The molecular weight excluding hydrogens is 1530 g/mol. The number of amides is 10. The Balaban J connectivity index is 0.908. The zero-order chi connectivity index (χ0) is 85.1. The maximum absolute atomic E-state index is 14.4. The van der Waals surface area contributed by atoms with Crippen LogP contribution in [0, 0.1) is 23.7 Å². The number of rotatable bonds is 59. The molecule has 0 saturated heterocycles. The van der Waals surface area contributed by atoms with E-state index in [9.17, 15) is 47.9 Å². The molecule has 2 aliphatic rings. The van der Waals surface area contributed by atoms with E-state index in [4.69, 9.17) is 53.1 Å². The summed E-state index contributed by atoms with van der Waals surface area (Å²) < 4.78 is 59.4. The van der Waals surface area contributed by atoms with Crippen molar-refractivity contribution in [2.24, 2.45) is 17.6 Å². The lowest BCUT2D eigenvalue weighted by molar-refractivity contribution is -0.869. The monoisotopic (exact) mass is 1650 g/mol. The van der Waals surface area contributed by atoms with Gasteiger partial charge in [0.15, 0.2) is 0 Å².